The molecule has 5 rings (SSSR count). The largest absolute Gasteiger partial charge is 0.480 e. The van der Waals surface area contributed by atoms with E-state index in [1.807, 2.05) is 0 Å². The Balaban J connectivity index is 1.21. The lowest BCUT2D eigenvalue weighted by molar-refractivity contribution is -0.148. The number of aliphatic carboxylic acids is 1. The number of carbonyl (C=O) groups is 9. The number of carbonyl (C=O) groups excluding carboxylic acids is 8. The van der Waals surface area contributed by atoms with Gasteiger partial charge in [-0.1, -0.05) is 18.2 Å². The van der Waals surface area contributed by atoms with Crippen LogP contribution in [0.4, 0.5) is 5.69 Å². The number of aliphatic hydroxyl groups is 2. The Morgan fingerprint density at radius 2 is 1.51 bits per heavy atom. The van der Waals surface area contributed by atoms with Crippen LogP contribution in [0.3, 0.4) is 0 Å². The van der Waals surface area contributed by atoms with E-state index in [2.05, 4.69) is 36.6 Å². The van der Waals surface area contributed by atoms with Crippen molar-refractivity contribution in [3.05, 3.63) is 46.7 Å². The number of guanidine groups is 2. The van der Waals surface area contributed by atoms with Gasteiger partial charge < -0.3 is 80.4 Å². The van der Waals surface area contributed by atoms with E-state index in [1.54, 1.807) is 41.8 Å². The number of fused-ring (bicyclic) bond motifs is 1. The van der Waals surface area contributed by atoms with E-state index in [-0.39, 0.29) is 82.4 Å². The van der Waals surface area contributed by atoms with Crippen LogP contribution in [0.5, 0.6) is 0 Å². The highest BCUT2D eigenvalue weighted by molar-refractivity contribution is 7.99. The standard InChI is InChI=1S/C45H65N15O12S2/c46-26(8-3-13-51-44(47)48)37(66)55-27(9-4-14-52-45(49)50)41(70)58-15-5-11-32(58)43(72)59-20-24(62)17-33(59)40(69)53-19-35(63)54-28(18-25-7-6-16-73-25)38(67)56-29(22-61)39(68)57-30-23-74-34-12-2-1-10-31(34)60(42(30)71)21-36(64)65/h1-2,6-7,10,12,16,24,26-30,32-33,61-62H,3-5,8-9,11,13-15,17-23,46H2,(H,53,69)(H,54,63)(H,55,66)(H,56,67)(H,57,68)(H,64,65)(H4,47,48,51)(H4,49,50,52)/t24?,26-,27+,28+,29+,30-,32+,33+/m1/s1. The molecule has 0 aliphatic carbocycles. The van der Waals surface area contributed by atoms with E-state index in [4.69, 9.17) is 28.7 Å². The van der Waals surface area contributed by atoms with Gasteiger partial charge in [-0.15, -0.1) is 23.1 Å². The van der Waals surface area contributed by atoms with Gasteiger partial charge in [0.1, 0.15) is 42.8 Å². The van der Waals surface area contributed by atoms with Gasteiger partial charge in [0.15, 0.2) is 11.9 Å². The number of anilines is 1. The molecule has 18 N–H and O–H groups in total. The number of rotatable bonds is 25. The Hall–Kier alpha value is -7.08. The van der Waals surface area contributed by atoms with Crippen LogP contribution in [0.15, 0.2) is 56.7 Å². The van der Waals surface area contributed by atoms with Crippen LogP contribution in [-0.2, 0) is 49.6 Å². The summed E-state index contributed by atoms with van der Waals surface area (Å²) in [5, 5.41) is 44.9. The van der Waals surface area contributed by atoms with E-state index in [1.165, 1.54) is 28.0 Å². The van der Waals surface area contributed by atoms with Gasteiger partial charge in [-0.05, 0) is 62.1 Å². The Labute approximate surface area is 433 Å². The number of hydrogen-bond acceptors (Lipinski definition) is 16. The lowest BCUT2D eigenvalue weighted by atomic mass is 10.1. The lowest BCUT2D eigenvalue weighted by Crippen LogP contribution is -2.59. The van der Waals surface area contributed by atoms with Crippen LogP contribution in [0.25, 0.3) is 0 Å². The molecule has 0 bridgehead atoms. The number of carboxylic acids is 1. The molecule has 1 unspecified atom stereocenters. The molecule has 0 radical (unpaired) electrons. The topological polar surface area (TPSA) is 439 Å². The van der Waals surface area contributed by atoms with Crippen molar-refractivity contribution < 1.29 is 58.5 Å². The summed E-state index contributed by atoms with van der Waals surface area (Å²) < 4.78 is 0. The first kappa shape index (κ1) is 57.8. The minimum Gasteiger partial charge on any atom is -0.480 e. The third-order valence-corrected chi connectivity index (χ3v) is 14.2. The van der Waals surface area contributed by atoms with Crippen molar-refractivity contribution in [3.63, 3.8) is 0 Å². The minimum atomic E-state index is -1.62. The predicted molar refractivity (Wildman–Crippen MR) is 272 cm³/mol. The SMILES string of the molecule is NC(N)=NCCC[C@@H](N)C(=O)N[C@@H](CCCN=C(N)N)C(=O)N1CCC[C@H]1C(=O)N1CC(O)C[C@H]1C(=O)NCC(=O)N[C@@H](Cc1cccs1)C(=O)N[C@@H](CO)C(=O)N[C@@H]1CSc2ccccc2N(CC(=O)O)C1=O. The normalized spacial score (nSPS) is 19.9. The molecule has 1 aromatic carbocycles. The summed E-state index contributed by atoms with van der Waals surface area (Å²) in [6, 6.07) is 1.30. The zero-order chi connectivity index (χ0) is 54.1. The molecule has 2 saturated heterocycles. The molecule has 8 atom stereocenters. The quantitative estimate of drug-likeness (QED) is 0.0251. The van der Waals surface area contributed by atoms with E-state index < -0.39 is 121 Å². The van der Waals surface area contributed by atoms with Crippen molar-refractivity contribution in [2.45, 2.75) is 105 Å². The van der Waals surface area contributed by atoms with Crippen molar-refractivity contribution in [1.82, 2.24) is 36.4 Å². The highest BCUT2D eigenvalue weighted by Gasteiger charge is 2.46. The number of carboxylic acid groups (broad SMARTS) is 1. The smallest absolute Gasteiger partial charge is 0.323 e. The summed E-state index contributed by atoms with van der Waals surface area (Å²) in [6.07, 6.45) is 0.116. The zero-order valence-corrected chi connectivity index (χ0v) is 42.1. The summed E-state index contributed by atoms with van der Waals surface area (Å²) >= 11 is 2.47. The highest BCUT2D eigenvalue weighted by atomic mass is 32.2. The second kappa shape index (κ2) is 27.8. The number of likely N-dealkylation sites (tertiary alicyclic amines) is 2. The number of aliphatic imine (C=N–C) groups is 2. The summed E-state index contributed by atoms with van der Waals surface area (Å²) in [4.78, 5) is 134. The van der Waals surface area contributed by atoms with Gasteiger partial charge in [-0.3, -0.25) is 58.0 Å². The first-order valence-corrected chi connectivity index (χ1v) is 25.7. The second-order valence-electron chi connectivity index (χ2n) is 17.7. The first-order chi connectivity index (χ1) is 35.3. The van der Waals surface area contributed by atoms with Gasteiger partial charge >= 0.3 is 5.97 Å². The number of β-amino-alcohol motifs (C(OH)–C–C–N with tert-alkyl or cyclic N) is 1. The third-order valence-electron chi connectivity index (χ3n) is 12.2. The monoisotopic (exact) mass is 1070 g/mol. The molecular formula is C45H65N15O12S2. The molecule has 3 aliphatic rings. The number of nitrogens with two attached hydrogens (primary N) is 5. The molecule has 404 valence electrons. The third kappa shape index (κ3) is 16.5. The van der Waals surface area contributed by atoms with Gasteiger partial charge in [0.05, 0.1) is 31.0 Å². The molecule has 74 heavy (non-hydrogen) atoms. The van der Waals surface area contributed by atoms with Crippen LogP contribution in [-0.4, -0.2) is 190 Å². The van der Waals surface area contributed by atoms with Crippen LogP contribution in [0.2, 0.25) is 0 Å². The molecule has 4 heterocycles. The van der Waals surface area contributed by atoms with Crippen molar-refractivity contribution in [2.75, 3.05) is 56.5 Å². The number of nitrogens with one attached hydrogen (secondary N) is 5. The Bertz CT molecular complexity index is 2400. The molecule has 1 aromatic heterocycles. The fraction of sp³-hybridized carbons (Fsp3) is 0.533. The summed E-state index contributed by atoms with van der Waals surface area (Å²) in [5.74, 6) is -7.68. The van der Waals surface area contributed by atoms with E-state index in [0.29, 0.717) is 28.3 Å². The number of nitrogens with zero attached hydrogens (tertiary/aromatic N) is 5. The van der Waals surface area contributed by atoms with Crippen molar-refractivity contribution in [3.8, 4) is 0 Å². The first-order valence-electron chi connectivity index (χ1n) is 23.8. The average Bonchev–Trinajstić information content (AvgIpc) is 4.15. The van der Waals surface area contributed by atoms with E-state index in [0.717, 1.165) is 9.80 Å². The fourth-order valence-electron chi connectivity index (χ4n) is 8.54. The summed E-state index contributed by atoms with van der Waals surface area (Å²) in [6.45, 7) is -2.07. The van der Waals surface area contributed by atoms with Gasteiger partial charge in [-0.25, -0.2) is 0 Å². The zero-order valence-electron chi connectivity index (χ0n) is 40.4. The van der Waals surface area contributed by atoms with Crippen molar-refractivity contribution in [1.29, 1.82) is 0 Å². The number of benzene rings is 1. The van der Waals surface area contributed by atoms with Gasteiger partial charge in [0.25, 0.3) is 5.91 Å². The average molecular weight is 1070 g/mol. The maximum atomic E-state index is 14.3. The molecule has 0 spiro atoms. The molecule has 2 aromatic rings. The highest BCUT2D eigenvalue weighted by Crippen LogP contribution is 2.34. The van der Waals surface area contributed by atoms with E-state index >= 15 is 0 Å². The number of aliphatic hydroxyl groups excluding tert-OH is 2. The Morgan fingerprint density at radius 3 is 2.18 bits per heavy atom. The van der Waals surface area contributed by atoms with E-state index in [9.17, 15) is 58.5 Å². The number of hydrogen-bond donors (Lipinski definition) is 13. The predicted octanol–water partition coefficient (Wildman–Crippen LogP) is -5.05. The number of thioether (sulfide) groups is 1. The molecule has 29 heteroatoms. The Kier molecular flexibility index (Phi) is 21.7. The maximum absolute atomic E-state index is 14.3. The van der Waals surface area contributed by atoms with Crippen molar-refractivity contribution >= 4 is 93.9 Å². The lowest BCUT2D eigenvalue weighted by Gasteiger charge is -2.33. The molecule has 3 aliphatic heterocycles. The molecular weight excluding hydrogens is 1010 g/mol. The van der Waals surface area contributed by atoms with Crippen LogP contribution < -0.4 is 60.2 Å². The fourth-order valence-corrected chi connectivity index (χ4v) is 10.4. The molecule has 0 saturated carbocycles. The van der Waals surface area contributed by atoms with Crippen LogP contribution in [0, 0.1) is 0 Å². The van der Waals surface area contributed by atoms with Gasteiger partial charge in [-0.2, -0.15) is 0 Å². The number of para-hydroxylation sites is 1. The van der Waals surface area contributed by atoms with Gasteiger partial charge in [0, 0.05) is 54.5 Å². The molecule has 27 nitrogen and oxygen atoms in total. The minimum absolute atomic E-state index is 0.00361. The summed E-state index contributed by atoms with van der Waals surface area (Å²) in [7, 11) is 0. The molecule has 8 amide bonds. The number of amides is 8. The Morgan fingerprint density at radius 1 is 0.824 bits per heavy atom. The second-order valence-corrected chi connectivity index (χ2v) is 19.8. The van der Waals surface area contributed by atoms with Crippen molar-refractivity contribution in [2.24, 2.45) is 38.7 Å². The van der Waals surface area contributed by atoms with Gasteiger partial charge in [0.2, 0.25) is 41.4 Å². The number of thiophene rings is 1. The molecule has 2 fully saturated rings. The van der Waals surface area contributed by atoms with Crippen LogP contribution in [0.1, 0.15) is 49.8 Å². The van der Waals surface area contributed by atoms with Crippen LogP contribution >= 0.6 is 23.1 Å². The maximum Gasteiger partial charge on any atom is 0.323 e. The summed E-state index contributed by atoms with van der Waals surface area (Å²) in [5.41, 5.74) is 28.1.